The lowest BCUT2D eigenvalue weighted by atomic mass is 10.0. The van der Waals surface area contributed by atoms with Crippen molar-refractivity contribution >= 4 is 16.8 Å². The molecule has 0 saturated carbocycles. The molecule has 0 radical (unpaired) electrons. The minimum Gasteiger partial charge on any atom is -0.357 e. The highest BCUT2D eigenvalue weighted by molar-refractivity contribution is 7.86. The molecule has 2 atom stereocenters. The van der Waals surface area contributed by atoms with Crippen molar-refractivity contribution in [3.8, 4) is 0 Å². The zero-order valence-electron chi connectivity index (χ0n) is 13.7. The molecule has 1 aliphatic rings. The molecule has 4 nitrogen and oxygen atoms in total. The van der Waals surface area contributed by atoms with Gasteiger partial charge in [0.2, 0.25) is 0 Å². The molecule has 0 aromatic carbocycles. The van der Waals surface area contributed by atoms with Crippen LogP contribution in [-0.2, 0) is 10.8 Å². The Morgan fingerprint density at radius 2 is 2.15 bits per heavy atom. The summed E-state index contributed by atoms with van der Waals surface area (Å²) in [6.45, 7) is 14.1. The van der Waals surface area contributed by atoms with Gasteiger partial charge < -0.3 is 10.2 Å². The molecule has 20 heavy (non-hydrogen) atoms. The van der Waals surface area contributed by atoms with Crippen LogP contribution in [-0.4, -0.2) is 51.7 Å². The fourth-order valence-electron chi connectivity index (χ4n) is 2.35. The summed E-state index contributed by atoms with van der Waals surface area (Å²) in [5.41, 5.74) is 0. The Balaban J connectivity index is 2.56. The van der Waals surface area contributed by atoms with Crippen molar-refractivity contribution in [2.75, 3.05) is 31.9 Å². The number of hydrogen-bond donors (Lipinski definition) is 1. The Morgan fingerprint density at radius 1 is 1.45 bits per heavy atom. The maximum Gasteiger partial charge on any atom is 0.193 e. The molecule has 1 saturated heterocycles. The number of piperidine rings is 1. The van der Waals surface area contributed by atoms with E-state index in [-0.39, 0.29) is 4.75 Å². The molecule has 0 aromatic heterocycles. The van der Waals surface area contributed by atoms with Crippen LogP contribution in [0.15, 0.2) is 4.99 Å². The van der Waals surface area contributed by atoms with Crippen molar-refractivity contribution in [3.05, 3.63) is 0 Å². The molecule has 1 heterocycles. The Morgan fingerprint density at radius 3 is 2.70 bits per heavy atom. The van der Waals surface area contributed by atoms with Gasteiger partial charge in [0.25, 0.3) is 0 Å². The van der Waals surface area contributed by atoms with Crippen LogP contribution in [0.1, 0.15) is 47.5 Å². The SMILES string of the molecule is CCNC(=NCCS(=O)C(C)(C)C)N1CCCC(C)C1. The van der Waals surface area contributed by atoms with Crippen molar-refractivity contribution in [3.63, 3.8) is 0 Å². The third-order valence-corrected chi connectivity index (χ3v) is 5.43. The summed E-state index contributed by atoms with van der Waals surface area (Å²) in [6.07, 6.45) is 2.55. The van der Waals surface area contributed by atoms with Crippen LogP contribution in [0.3, 0.4) is 0 Å². The van der Waals surface area contributed by atoms with Crippen LogP contribution >= 0.6 is 0 Å². The second-order valence-electron chi connectivity index (χ2n) is 6.59. The topological polar surface area (TPSA) is 44.7 Å². The normalized spacial score (nSPS) is 22.8. The lowest BCUT2D eigenvalue weighted by Crippen LogP contribution is -2.46. The highest BCUT2D eigenvalue weighted by Crippen LogP contribution is 2.15. The summed E-state index contributed by atoms with van der Waals surface area (Å²) < 4.78 is 11.9. The van der Waals surface area contributed by atoms with Gasteiger partial charge in [0, 0.05) is 40.9 Å². The molecule has 0 aromatic rings. The van der Waals surface area contributed by atoms with Crippen molar-refractivity contribution in [1.82, 2.24) is 10.2 Å². The quantitative estimate of drug-likeness (QED) is 0.640. The lowest BCUT2D eigenvalue weighted by molar-refractivity contribution is 0.266. The van der Waals surface area contributed by atoms with Gasteiger partial charge in [0.15, 0.2) is 5.96 Å². The second-order valence-corrected chi connectivity index (χ2v) is 8.92. The largest absolute Gasteiger partial charge is 0.357 e. The van der Waals surface area contributed by atoms with Gasteiger partial charge in [-0.15, -0.1) is 0 Å². The molecular formula is C15H31N3OS. The fourth-order valence-corrected chi connectivity index (χ4v) is 3.22. The Hall–Kier alpha value is -0.580. The Labute approximate surface area is 126 Å². The monoisotopic (exact) mass is 301 g/mol. The van der Waals surface area contributed by atoms with Crippen LogP contribution in [0.25, 0.3) is 0 Å². The first-order valence-electron chi connectivity index (χ1n) is 7.76. The molecule has 1 N–H and O–H groups in total. The van der Waals surface area contributed by atoms with Gasteiger partial charge in [0.05, 0.1) is 6.54 Å². The van der Waals surface area contributed by atoms with Crippen LogP contribution in [0, 0.1) is 5.92 Å². The highest BCUT2D eigenvalue weighted by Gasteiger charge is 2.20. The van der Waals surface area contributed by atoms with E-state index >= 15 is 0 Å². The van der Waals surface area contributed by atoms with E-state index in [0.717, 1.165) is 31.5 Å². The molecule has 2 unspecified atom stereocenters. The molecule has 1 aliphatic heterocycles. The minimum atomic E-state index is -0.823. The first kappa shape index (κ1) is 17.5. The predicted octanol–water partition coefficient (Wildman–Crippen LogP) is 2.23. The molecule has 0 spiro atoms. The average Bonchev–Trinajstić information content (AvgIpc) is 2.36. The lowest BCUT2D eigenvalue weighted by Gasteiger charge is -2.33. The van der Waals surface area contributed by atoms with Gasteiger partial charge in [-0.05, 0) is 46.5 Å². The van der Waals surface area contributed by atoms with Crippen LogP contribution in [0.5, 0.6) is 0 Å². The van der Waals surface area contributed by atoms with E-state index in [1.54, 1.807) is 0 Å². The van der Waals surface area contributed by atoms with Crippen LogP contribution in [0.4, 0.5) is 0 Å². The highest BCUT2D eigenvalue weighted by atomic mass is 32.2. The van der Waals surface area contributed by atoms with Crippen molar-refractivity contribution < 1.29 is 4.21 Å². The van der Waals surface area contributed by atoms with Gasteiger partial charge in [-0.2, -0.15) is 0 Å². The number of rotatable bonds is 4. The van der Waals surface area contributed by atoms with Gasteiger partial charge in [0.1, 0.15) is 0 Å². The maximum absolute atomic E-state index is 12.0. The van der Waals surface area contributed by atoms with E-state index in [9.17, 15) is 4.21 Å². The van der Waals surface area contributed by atoms with Gasteiger partial charge in [-0.25, -0.2) is 0 Å². The van der Waals surface area contributed by atoms with Gasteiger partial charge in [-0.1, -0.05) is 6.92 Å². The third kappa shape index (κ3) is 5.81. The number of hydrogen-bond acceptors (Lipinski definition) is 2. The first-order valence-corrected chi connectivity index (χ1v) is 9.08. The molecule has 5 heteroatoms. The first-order chi connectivity index (χ1) is 9.34. The van der Waals surface area contributed by atoms with E-state index in [0.29, 0.717) is 12.3 Å². The average molecular weight is 302 g/mol. The Bertz CT molecular complexity index is 350. The van der Waals surface area contributed by atoms with E-state index in [1.165, 1.54) is 12.8 Å². The number of nitrogens with one attached hydrogen (secondary N) is 1. The van der Waals surface area contributed by atoms with Crippen molar-refractivity contribution in [2.45, 2.75) is 52.2 Å². The smallest absolute Gasteiger partial charge is 0.193 e. The minimum absolute atomic E-state index is 0.145. The number of guanidine groups is 1. The van der Waals surface area contributed by atoms with Crippen LogP contribution < -0.4 is 5.32 Å². The summed E-state index contributed by atoms with van der Waals surface area (Å²) in [7, 11) is -0.823. The molecule has 1 fully saturated rings. The zero-order valence-corrected chi connectivity index (χ0v) is 14.6. The summed E-state index contributed by atoms with van der Waals surface area (Å²) in [6, 6.07) is 0. The summed E-state index contributed by atoms with van der Waals surface area (Å²) in [5, 5.41) is 3.36. The molecular weight excluding hydrogens is 270 g/mol. The number of nitrogens with zero attached hydrogens (tertiary/aromatic N) is 2. The standard InChI is InChI=1S/C15H31N3OS/c1-6-16-14(18-10-7-8-13(2)12-18)17-9-11-20(19)15(3,4)5/h13H,6-12H2,1-5H3,(H,16,17). The van der Waals surface area contributed by atoms with E-state index < -0.39 is 10.8 Å². The van der Waals surface area contributed by atoms with Crippen LogP contribution in [0.2, 0.25) is 0 Å². The van der Waals surface area contributed by atoms with E-state index in [1.807, 2.05) is 20.8 Å². The van der Waals surface area contributed by atoms with E-state index in [4.69, 9.17) is 0 Å². The van der Waals surface area contributed by atoms with Crippen molar-refractivity contribution in [1.29, 1.82) is 0 Å². The third-order valence-electron chi connectivity index (χ3n) is 3.51. The number of likely N-dealkylation sites (tertiary alicyclic amines) is 1. The molecule has 0 amide bonds. The van der Waals surface area contributed by atoms with Crippen molar-refractivity contribution in [2.24, 2.45) is 10.9 Å². The van der Waals surface area contributed by atoms with E-state index in [2.05, 4.69) is 29.1 Å². The zero-order chi connectivity index (χ0) is 15.2. The predicted molar refractivity (Wildman–Crippen MR) is 88.7 cm³/mol. The molecule has 0 aliphatic carbocycles. The molecule has 1 rings (SSSR count). The molecule has 0 bridgehead atoms. The Kier molecular flexibility index (Phi) is 7.00. The summed E-state index contributed by atoms with van der Waals surface area (Å²) >= 11 is 0. The fraction of sp³-hybridized carbons (Fsp3) is 0.933. The molecule has 118 valence electrons. The van der Waals surface area contributed by atoms with Gasteiger partial charge in [-0.3, -0.25) is 9.20 Å². The van der Waals surface area contributed by atoms with Gasteiger partial charge >= 0.3 is 0 Å². The second kappa shape index (κ2) is 8.01. The number of aliphatic imine (C=N–C) groups is 1. The summed E-state index contributed by atoms with van der Waals surface area (Å²) in [5.74, 6) is 2.36. The summed E-state index contributed by atoms with van der Waals surface area (Å²) in [4.78, 5) is 7.01. The maximum atomic E-state index is 12.0.